The summed E-state index contributed by atoms with van der Waals surface area (Å²) in [4.78, 5) is 12.0. The summed E-state index contributed by atoms with van der Waals surface area (Å²) in [5.41, 5.74) is 8.54. The van der Waals surface area contributed by atoms with E-state index in [0.717, 1.165) is 31.6 Å². The van der Waals surface area contributed by atoms with E-state index in [-0.39, 0.29) is 24.4 Å². The molecular formula is C18H29ClN2O2. The minimum atomic E-state index is -0.153. The van der Waals surface area contributed by atoms with E-state index in [1.54, 1.807) is 0 Å². The van der Waals surface area contributed by atoms with Crippen molar-refractivity contribution in [2.75, 3.05) is 19.8 Å². The average Bonchev–Trinajstić information content (AvgIpc) is 2.53. The van der Waals surface area contributed by atoms with Crippen LogP contribution in [0.15, 0.2) is 24.3 Å². The predicted octanol–water partition coefficient (Wildman–Crippen LogP) is 3.16. The molecule has 23 heavy (non-hydrogen) atoms. The molecule has 1 fully saturated rings. The highest BCUT2D eigenvalue weighted by Crippen LogP contribution is 2.19. The Hall–Kier alpha value is -1.10. The Balaban J connectivity index is 0.00000264. The van der Waals surface area contributed by atoms with Gasteiger partial charge in [-0.05, 0) is 35.8 Å². The van der Waals surface area contributed by atoms with E-state index in [9.17, 15) is 4.79 Å². The number of hydrogen-bond donors (Lipinski definition) is 2. The molecule has 3 N–H and O–H groups in total. The number of carbonyl (C=O) groups is 1. The molecule has 2 rings (SSSR count). The Morgan fingerprint density at radius 1 is 1.22 bits per heavy atom. The molecule has 1 aromatic carbocycles. The molecule has 1 amide bonds. The zero-order valence-corrected chi connectivity index (χ0v) is 14.9. The lowest BCUT2D eigenvalue weighted by Crippen LogP contribution is -2.33. The van der Waals surface area contributed by atoms with Crippen LogP contribution in [0.1, 0.15) is 56.2 Å². The van der Waals surface area contributed by atoms with Gasteiger partial charge in [-0.1, -0.05) is 38.1 Å². The molecule has 0 aliphatic carbocycles. The van der Waals surface area contributed by atoms with Crippen LogP contribution in [-0.2, 0) is 9.53 Å². The monoisotopic (exact) mass is 340 g/mol. The SMILES string of the molecule is CC(C)c1ccc(C(N)CNC(=O)CC2CCOCC2)cc1.Cl. The second kappa shape index (κ2) is 9.91. The van der Waals surface area contributed by atoms with Gasteiger partial charge in [-0.3, -0.25) is 4.79 Å². The summed E-state index contributed by atoms with van der Waals surface area (Å²) in [6, 6.07) is 8.20. The lowest BCUT2D eigenvalue weighted by Gasteiger charge is -2.22. The van der Waals surface area contributed by atoms with Crippen LogP contribution in [0, 0.1) is 5.92 Å². The van der Waals surface area contributed by atoms with Crippen molar-refractivity contribution in [3.05, 3.63) is 35.4 Å². The van der Waals surface area contributed by atoms with Crippen molar-refractivity contribution in [1.29, 1.82) is 0 Å². The first kappa shape index (κ1) is 19.9. The number of amides is 1. The third-order valence-corrected chi connectivity index (χ3v) is 4.37. The predicted molar refractivity (Wildman–Crippen MR) is 95.9 cm³/mol. The van der Waals surface area contributed by atoms with Gasteiger partial charge >= 0.3 is 0 Å². The van der Waals surface area contributed by atoms with E-state index < -0.39 is 0 Å². The van der Waals surface area contributed by atoms with Crippen molar-refractivity contribution < 1.29 is 9.53 Å². The molecule has 1 atom stereocenters. The van der Waals surface area contributed by atoms with Gasteiger partial charge in [0.15, 0.2) is 0 Å². The van der Waals surface area contributed by atoms with Gasteiger partial charge in [0.2, 0.25) is 5.91 Å². The number of benzene rings is 1. The van der Waals surface area contributed by atoms with E-state index in [4.69, 9.17) is 10.5 Å². The Morgan fingerprint density at radius 2 is 1.78 bits per heavy atom. The van der Waals surface area contributed by atoms with Crippen molar-refractivity contribution in [2.24, 2.45) is 11.7 Å². The van der Waals surface area contributed by atoms with Crippen LogP contribution in [0.3, 0.4) is 0 Å². The number of carbonyl (C=O) groups excluding carboxylic acids is 1. The molecule has 1 aliphatic heterocycles. The van der Waals surface area contributed by atoms with Gasteiger partial charge in [-0.15, -0.1) is 12.4 Å². The van der Waals surface area contributed by atoms with Gasteiger partial charge in [-0.2, -0.15) is 0 Å². The highest BCUT2D eigenvalue weighted by atomic mass is 35.5. The summed E-state index contributed by atoms with van der Waals surface area (Å²) in [6.07, 6.45) is 2.55. The maximum absolute atomic E-state index is 12.0. The molecular weight excluding hydrogens is 312 g/mol. The molecule has 0 aromatic heterocycles. The normalized spacial score (nSPS) is 16.7. The van der Waals surface area contributed by atoms with Gasteiger partial charge in [0.25, 0.3) is 0 Å². The molecule has 0 radical (unpaired) electrons. The van der Waals surface area contributed by atoms with Crippen molar-refractivity contribution in [3.8, 4) is 0 Å². The topological polar surface area (TPSA) is 64.3 Å². The number of nitrogens with two attached hydrogens (primary N) is 1. The number of rotatable bonds is 6. The molecule has 1 heterocycles. The van der Waals surface area contributed by atoms with Crippen molar-refractivity contribution in [2.45, 2.75) is 45.1 Å². The van der Waals surface area contributed by atoms with E-state index in [1.807, 2.05) is 0 Å². The van der Waals surface area contributed by atoms with Gasteiger partial charge < -0.3 is 15.8 Å². The minimum absolute atomic E-state index is 0. The second-order valence-electron chi connectivity index (χ2n) is 6.49. The highest BCUT2D eigenvalue weighted by molar-refractivity contribution is 5.85. The highest BCUT2D eigenvalue weighted by Gasteiger charge is 2.17. The summed E-state index contributed by atoms with van der Waals surface area (Å²) in [6.45, 7) is 6.39. The van der Waals surface area contributed by atoms with Crippen LogP contribution in [0.5, 0.6) is 0 Å². The van der Waals surface area contributed by atoms with Gasteiger partial charge in [0.1, 0.15) is 0 Å². The lowest BCUT2D eigenvalue weighted by atomic mass is 9.96. The molecule has 0 saturated carbocycles. The quantitative estimate of drug-likeness (QED) is 0.836. The molecule has 0 spiro atoms. The van der Waals surface area contributed by atoms with Crippen LogP contribution in [-0.4, -0.2) is 25.7 Å². The van der Waals surface area contributed by atoms with Gasteiger partial charge in [0, 0.05) is 32.2 Å². The van der Waals surface area contributed by atoms with Crippen LogP contribution < -0.4 is 11.1 Å². The van der Waals surface area contributed by atoms with Crippen molar-refractivity contribution in [3.63, 3.8) is 0 Å². The Kier molecular flexibility index (Phi) is 8.59. The van der Waals surface area contributed by atoms with E-state index in [0.29, 0.717) is 24.8 Å². The summed E-state index contributed by atoms with van der Waals surface area (Å²) in [5, 5.41) is 2.96. The molecule has 1 unspecified atom stereocenters. The maximum atomic E-state index is 12.0. The smallest absolute Gasteiger partial charge is 0.220 e. The van der Waals surface area contributed by atoms with Crippen LogP contribution in [0.4, 0.5) is 0 Å². The third-order valence-electron chi connectivity index (χ3n) is 4.37. The van der Waals surface area contributed by atoms with Gasteiger partial charge in [0.05, 0.1) is 0 Å². The largest absolute Gasteiger partial charge is 0.381 e. The fourth-order valence-electron chi connectivity index (χ4n) is 2.75. The zero-order chi connectivity index (χ0) is 15.9. The van der Waals surface area contributed by atoms with E-state index in [2.05, 4.69) is 43.4 Å². The summed E-state index contributed by atoms with van der Waals surface area (Å²) in [5.74, 6) is 1.07. The fraction of sp³-hybridized carbons (Fsp3) is 0.611. The average molecular weight is 341 g/mol. The minimum Gasteiger partial charge on any atom is -0.381 e. The number of halogens is 1. The molecule has 5 heteroatoms. The standard InChI is InChI=1S/C18H28N2O2.ClH/c1-13(2)15-3-5-16(6-4-15)17(19)12-20-18(21)11-14-7-9-22-10-8-14;/h3-6,13-14,17H,7-12,19H2,1-2H3,(H,20,21);1H. The molecule has 4 nitrogen and oxygen atoms in total. The van der Waals surface area contributed by atoms with E-state index >= 15 is 0 Å². The van der Waals surface area contributed by atoms with Crippen molar-refractivity contribution in [1.82, 2.24) is 5.32 Å². The fourth-order valence-corrected chi connectivity index (χ4v) is 2.75. The molecule has 130 valence electrons. The summed E-state index contributed by atoms with van der Waals surface area (Å²) in [7, 11) is 0. The second-order valence-corrected chi connectivity index (χ2v) is 6.49. The maximum Gasteiger partial charge on any atom is 0.220 e. The van der Waals surface area contributed by atoms with Gasteiger partial charge in [-0.25, -0.2) is 0 Å². The first-order chi connectivity index (χ1) is 10.6. The molecule has 1 aliphatic rings. The number of hydrogen-bond acceptors (Lipinski definition) is 3. The van der Waals surface area contributed by atoms with Crippen molar-refractivity contribution >= 4 is 18.3 Å². The Morgan fingerprint density at radius 3 is 2.35 bits per heavy atom. The third kappa shape index (κ3) is 6.50. The Labute approximate surface area is 145 Å². The van der Waals surface area contributed by atoms with Crippen LogP contribution in [0.25, 0.3) is 0 Å². The molecule has 1 saturated heterocycles. The number of ether oxygens (including phenoxy) is 1. The Bertz CT molecular complexity index is 470. The first-order valence-corrected chi connectivity index (χ1v) is 8.26. The zero-order valence-electron chi connectivity index (χ0n) is 14.1. The molecule has 1 aromatic rings. The number of nitrogens with one attached hydrogen (secondary N) is 1. The summed E-state index contributed by atoms with van der Waals surface area (Å²) < 4.78 is 5.31. The van der Waals surface area contributed by atoms with Crippen LogP contribution in [0.2, 0.25) is 0 Å². The summed E-state index contributed by atoms with van der Waals surface area (Å²) >= 11 is 0. The molecule has 0 bridgehead atoms. The van der Waals surface area contributed by atoms with E-state index in [1.165, 1.54) is 5.56 Å². The first-order valence-electron chi connectivity index (χ1n) is 8.26. The lowest BCUT2D eigenvalue weighted by molar-refractivity contribution is -0.122. The van der Waals surface area contributed by atoms with Crippen LogP contribution >= 0.6 is 12.4 Å².